The number of piperidine rings is 1. The van der Waals surface area contributed by atoms with E-state index < -0.39 is 28.0 Å². The molecule has 6 nitrogen and oxygen atoms in total. The van der Waals surface area contributed by atoms with Crippen LogP contribution in [0.4, 0.5) is 18.9 Å². The number of hydrogen-bond acceptors (Lipinski definition) is 4. The number of sulfonamides is 1. The van der Waals surface area contributed by atoms with E-state index in [9.17, 15) is 26.4 Å². The predicted octanol–water partition coefficient (Wildman–Crippen LogP) is 4.01. The quantitative estimate of drug-likeness (QED) is 0.781. The molecule has 2 aromatic carbocycles. The van der Waals surface area contributed by atoms with E-state index in [1.165, 1.54) is 34.6 Å². The molecule has 1 N–H and O–H groups in total. The van der Waals surface area contributed by atoms with Crippen LogP contribution in [-0.2, 0) is 10.0 Å². The molecule has 1 aliphatic rings. The van der Waals surface area contributed by atoms with Crippen LogP contribution in [0.25, 0.3) is 0 Å². The zero-order valence-electron chi connectivity index (χ0n) is 15.3. The zero-order valence-corrected chi connectivity index (χ0v) is 16.1. The van der Waals surface area contributed by atoms with Gasteiger partial charge in [0.2, 0.25) is 10.0 Å². The average molecular weight is 428 g/mol. The number of nitrogens with one attached hydrogen (secondary N) is 1. The lowest BCUT2D eigenvalue weighted by Crippen LogP contribution is -2.36. The van der Waals surface area contributed by atoms with Crippen LogP contribution in [0.2, 0.25) is 0 Å². The van der Waals surface area contributed by atoms with E-state index >= 15 is 0 Å². The molecule has 0 aromatic heterocycles. The highest BCUT2D eigenvalue weighted by Gasteiger charge is 2.31. The summed E-state index contributed by atoms with van der Waals surface area (Å²) in [5, 5.41) is 2.50. The second-order valence-electron chi connectivity index (χ2n) is 6.49. The molecule has 0 radical (unpaired) electrons. The summed E-state index contributed by atoms with van der Waals surface area (Å²) in [7, 11) is -3.83. The fourth-order valence-electron chi connectivity index (χ4n) is 3.06. The van der Waals surface area contributed by atoms with Gasteiger partial charge < -0.3 is 10.1 Å². The van der Waals surface area contributed by atoms with E-state index in [2.05, 4.69) is 10.1 Å². The third-order valence-electron chi connectivity index (χ3n) is 4.41. The molecule has 0 spiro atoms. The molecule has 10 heteroatoms. The lowest BCUT2D eigenvalue weighted by atomic mass is 10.2. The molecule has 0 bridgehead atoms. The van der Waals surface area contributed by atoms with Crippen LogP contribution >= 0.6 is 0 Å². The average Bonchev–Trinajstić information content (AvgIpc) is 2.69. The third kappa shape index (κ3) is 5.27. The van der Waals surface area contributed by atoms with Gasteiger partial charge in [-0.2, -0.15) is 4.31 Å². The minimum atomic E-state index is -4.81. The first-order valence-corrected chi connectivity index (χ1v) is 10.4. The van der Waals surface area contributed by atoms with Crippen molar-refractivity contribution in [3.8, 4) is 5.75 Å². The van der Waals surface area contributed by atoms with Gasteiger partial charge >= 0.3 is 6.36 Å². The van der Waals surface area contributed by atoms with Crippen LogP contribution in [0.15, 0.2) is 53.4 Å². The number of alkyl halides is 3. The Kier molecular flexibility index (Phi) is 6.13. The highest BCUT2D eigenvalue weighted by molar-refractivity contribution is 7.89. The molecule has 29 heavy (non-hydrogen) atoms. The van der Waals surface area contributed by atoms with Gasteiger partial charge in [-0.15, -0.1) is 13.2 Å². The van der Waals surface area contributed by atoms with Crippen molar-refractivity contribution in [2.45, 2.75) is 30.5 Å². The van der Waals surface area contributed by atoms with Crippen molar-refractivity contribution in [3.05, 3.63) is 54.1 Å². The van der Waals surface area contributed by atoms with Crippen molar-refractivity contribution < 1.29 is 31.1 Å². The number of amides is 1. The monoisotopic (exact) mass is 428 g/mol. The standard InChI is InChI=1S/C19H19F3N2O4S/c20-19(21,22)28-15-10-8-14(9-11-15)23-18(25)16-6-2-3-7-17(16)29(26,27)24-12-4-1-5-13-24/h2-3,6-11H,1,4-5,12-13H2,(H,23,25). The summed E-state index contributed by atoms with van der Waals surface area (Å²) < 4.78 is 67.8. The molecule has 1 fully saturated rings. The van der Waals surface area contributed by atoms with Gasteiger partial charge in [0.25, 0.3) is 5.91 Å². The number of halogens is 3. The Morgan fingerprint density at radius 2 is 1.59 bits per heavy atom. The first kappa shape index (κ1) is 21.1. The number of rotatable bonds is 5. The molecule has 156 valence electrons. The molecule has 0 unspecified atom stereocenters. The van der Waals surface area contributed by atoms with E-state index in [-0.39, 0.29) is 16.1 Å². The van der Waals surface area contributed by atoms with E-state index in [4.69, 9.17) is 0 Å². The van der Waals surface area contributed by atoms with E-state index in [0.717, 1.165) is 31.4 Å². The molecule has 1 saturated heterocycles. The van der Waals surface area contributed by atoms with Crippen molar-refractivity contribution in [3.63, 3.8) is 0 Å². The van der Waals surface area contributed by atoms with Crippen LogP contribution in [0, 0.1) is 0 Å². The van der Waals surface area contributed by atoms with Crippen molar-refractivity contribution in [1.29, 1.82) is 0 Å². The second-order valence-corrected chi connectivity index (χ2v) is 8.39. The Morgan fingerprint density at radius 1 is 0.966 bits per heavy atom. The highest BCUT2D eigenvalue weighted by atomic mass is 32.2. The normalized spacial score (nSPS) is 15.7. The SMILES string of the molecule is O=C(Nc1ccc(OC(F)(F)F)cc1)c1ccccc1S(=O)(=O)N1CCCCC1. The van der Waals surface area contributed by atoms with Crippen LogP contribution in [0.3, 0.4) is 0 Å². The minimum absolute atomic E-state index is 0.0336. The zero-order chi connectivity index (χ0) is 21.1. The van der Waals surface area contributed by atoms with Crippen molar-refractivity contribution in [2.75, 3.05) is 18.4 Å². The summed E-state index contributed by atoms with van der Waals surface area (Å²) in [6.07, 6.45) is -2.32. The minimum Gasteiger partial charge on any atom is -0.406 e. The lowest BCUT2D eigenvalue weighted by molar-refractivity contribution is -0.274. The van der Waals surface area contributed by atoms with Crippen molar-refractivity contribution >= 4 is 21.6 Å². The maximum absolute atomic E-state index is 13.0. The number of nitrogens with zero attached hydrogens (tertiary/aromatic N) is 1. The van der Waals surface area contributed by atoms with Gasteiger partial charge in [0.1, 0.15) is 5.75 Å². The Labute approximate surface area is 166 Å². The molecule has 0 atom stereocenters. The number of carbonyl (C=O) groups excluding carboxylic acids is 1. The Morgan fingerprint density at radius 3 is 2.21 bits per heavy atom. The van der Waals surface area contributed by atoms with Crippen LogP contribution in [0.5, 0.6) is 5.75 Å². The number of ether oxygens (including phenoxy) is 1. The largest absolute Gasteiger partial charge is 0.573 e. The van der Waals surface area contributed by atoms with Gasteiger partial charge in [0.15, 0.2) is 0 Å². The van der Waals surface area contributed by atoms with Crippen LogP contribution < -0.4 is 10.1 Å². The van der Waals surface area contributed by atoms with Gasteiger partial charge in [-0.1, -0.05) is 18.6 Å². The third-order valence-corrected chi connectivity index (χ3v) is 6.37. The molecular formula is C19H19F3N2O4S. The summed E-state index contributed by atoms with van der Waals surface area (Å²) >= 11 is 0. The summed E-state index contributed by atoms with van der Waals surface area (Å²) in [5.41, 5.74) is 0.170. The number of hydrogen-bond donors (Lipinski definition) is 1. The summed E-state index contributed by atoms with van der Waals surface area (Å²) in [5.74, 6) is -1.10. The van der Waals surface area contributed by atoms with Crippen LogP contribution in [-0.4, -0.2) is 38.1 Å². The second kappa shape index (κ2) is 8.42. The van der Waals surface area contributed by atoms with Crippen LogP contribution in [0.1, 0.15) is 29.6 Å². The fourth-order valence-corrected chi connectivity index (χ4v) is 4.77. The number of carbonyl (C=O) groups is 1. The van der Waals surface area contributed by atoms with Gasteiger partial charge in [-0.3, -0.25) is 4.79 Å². The number of benzene rings is 2. The molecule has 3 rings (SSSR count). The Balaban J connectivity index is 1.80. The van der Waals surface area contributed by atoms with Gasteiger partial charge in [-0.05, 0) is 49.2 Å². The van der Waals surface area contributed by atoms with Crippen molar-refractivity contribution in [2.24, 2.45) is 0 Å². The van der Waals surface area contributed by atoms with Gasteiger partial charge in [0, 0.05) is 18.8 Å². The molecule has 1 amide bonds. The summed E-state index contributed by atoms with van der Waals surface area (Å²) in [6.45, 7) is 0.803. The maximum atomic E-state index is 13.0. The van der Waals surface area contributed by atoms with E-state index in [1.807, 2.05) is 0 Å². The molecule has 0 saturated carbocycles. The summed E-state index contributed by atoms with van der Waals surface area (Å²) in [6, 6.07) is 10.4. The predicted molar refractivity (Wildman–Crippen MR) is 100 cm³/mol. The smallest absolute Gasteiger partial charge is 0.406 e. The first-order chi connectivity index (χ1) is 13.7. The molecule has 1 heterocycles. The first-order valence-electron chi connectivity index (χ1n) is 8.93. The molecule has 1 aliphatic heterocycles. The van der Waals surface area contributed by atoms with E-state index in [1.54, 1.807) is 6.07 Å². The fraction of sp³-hybridized carbons (Fsp3) is 0.316. The Hall–Kier alpha value is -2.59. The maximum Gasteiger partial charge on any atom is 0.573 e. The van der Waals surface area contributed by atoms with Crippen molar-refractivity contribution in [1.82, 2.24) is 4.31 Å². The van der Waals surface area contributed by atoms with Gasteiger partial charge in [-0.25, -0.2) is 8.42 Å². The Bertz CT molecular complexity index is 970. The molecule has 2 aromatic rings. The number of anilines is 1. The highest BCUT2D eigenvalue weighted by Crippen LogP contribution is 2.26. The van der Waals surface area contributed by atoms with E-state index in [0.29, 0.717) is 13.1 Å². The van der Waals surface area contributed by atoms with Gasteiger partial charge in [0.05, 0.1) is 10.5 Å². The topological polar surface area (TPSA) is 75.7 Å². The lowest BCUT2D eigenvalue weighted by Gasteiger charge is -2.26. The molecular weight excluding hydrogens is 409 g/mol. The summed E-state index contributed by atoms with van der Waals surface area (Å²) in [4.78, 5) is 12.6. The molecule has 0 aliphatic carbocycles.